The Morgan fingerprint density at radius 3 is 2.83 bits per heavy atom. The van der Waals surface area contributed by atoms with Gasteiger partial charge in [0.1, 0.15) is 5.76 Å². The standard InChI is InChI=1S/C13H18N2O3/c16-8-13(5-1-2-6-13)14-12(17)10-7-11(18-15-10)9-3-4-9/h7,9,16H,1-6,8H2,(H,14,17). The largest absolute Gasteiger partial charge is 0.394 e. The minimum Gasteiger partial charge on any atom is -0.394 e. The van der Waals surface area contributed by atoms with Gasteiger partial charge < -0.3 is 14.9 Å². The Kier molecular flexibility index (Phi) is 2.86. The first-order valence-corrected chi connectivity index (χ1v) is 6.62. The van der Waals surface area contributed by atoms with E-state index in [1.54, 1.807) is 6.07 Å². The molecule has 1 aromatic heterocycles. The van der Waals surface area contributed by atoms with Gasteiger partial charge in [-0.15, -0.1) is 0 Å². The minimum atomic E-state index is -0.449. The van der Waals surface area contributed by atoms with Crippen molar-refractivity contribution in [1.82, 2.24) is 10.5 Å². The number of hydrogen-bond donors (Lipinski definition) is 2. The van der Waals surface area contributed by atoms with Crippen molar-refractivity contribution in [3.05, 3.63) is 17.5 Å². The van der Waals surface area contributed by atoms with Gasteiger partial charge in [0, 0.05) is 12.0 Å². The van der Waals surface area contributed by atoms with Crippen molar-refractivity contribution < 1.29 is 14.4 Å². The van der Waals surface area contributed by atoms with Crippen LogP contribution in [0.1, 0.15) is 60.7 Å². The SMILES string of the molecule is O=C(NC1(CO)CCCC1)c1cc(C2CC2)on1. The first-order valence-electron chi connectivity index (χ1n) is 6.62. The number of aliphatic hydroxyl groups excluding tert-OH is 1. The van der Waals surface area contributed by atoms with Crippen LogP contribution in [0, 0.1) is 0 Å². The summed E-state index contributed by atoms with van der Waals surface area (Å²) in [7, 11) is 0. The highest BCUT2D eigenvalue weighted by atomic mass is 16.5. The van der Waals surface area contributed by atoms with Gasteiger partial charge in [0.05, 0.1) is 12.1 Å². The number of nitrogens with one attached hydrogen (secondary N) is 1. The van der Waals surface area contributed by atoms with E-state index in [0.717, 1.165) is 44.3 Å². The number of rotatable bonds is 4. The minimum absolute atomic E-state index is 0.00786. The van der Waals surface area contributed by atoms with Gasteiger partial charge in [0.15, 0.2) is 5.69 Å². The molecule has 0 radical (unpaired) electrons. The molecule has 2 fully saturated rings. The molecule has 1 heterocycles. The molecule has 2 N–H and O–H groups in total. The Morgan fingerprint density at radius 1 is 1.50 bits per heavy atom. The summed E-state index contributed by atoms with van der Waals surface area (Å²) in [6, 6.07) is 1.73. The quantitative estimate of drug-likeness (QED) is 0.850. The van der Waals surface area contributed by atoms with Crippen LogP contribution >= 0.6 is 0 Å². The van der Waals surface area contributed by atoms with Gasteiger partial charge in [-0.2, -0.15) is 0 Å². The van der Waals surface area contributed by atoms with E-state index in [1.807, 2.05) is 0 Å². The van der Waals surface area contributed by atoms with E-state index in [-0.39, 0.29) is 12.5 Å². The summed E-state index contributed by atoms with van der Waals surface area (Å²) in [4.78, 5) is 12.1. The molecule has 2 aliphatic carbocycles. The van der Waals surface area contributed by atoms with Crippen LogP contribution in [-0.4, -0.2) is 28.3 Å². The van der Waals surface area contributed by atoms with E-state index in [0.29, 0.717) is 11.6 Å². The molecular weight excluding hydrogens is 232 g/mol. The van der Waals surface area contributed by atoms with Gasteiger partial charge in [0.25, 0.3) is 5.91 Å². The maximum absolute atomic E-state index is 12.1. The second-order valence-electron chi connectivity index (χ2n) is 5.49. The Balaban J connectivity index is 1.69. The Labute approximate surface area is 106 Å². The molecule has 5 nitrogen and oxygen atoms in total. The maximum atomic E-state index is 12.1. The Hall–Kier alpha value is -1.36. The lowest BCUT2D eigenvalue weighted by Gasteiger charge is -2.27. The van der Waals surface area contributed by atoms with Crippen molar-refractivity contribution >= 4 is 5.91 Å². The smallest absolute Gasteiger partial charge is 0.273 e. The number of carbonyl (C=O) groups is 1. The van der Waals surface area contributed by atoms with Crippen LogP contribution in [0.2, 0.25) is 0 Å². The molecule has 18 heavy (non-hydrogen) atoms. The van der Waals surface area contributed by atoms with Crippen molar-refractivity contribution in [3.63, 3.8) is 0 Å². The highest BCUT2D eigenvalue weighted by Gasteiger charge is 2.36. The van der Waals surface area contributed by atoms with Gasteiger partial charge in [0.2, 0.25) is 0 Å². The second kappa shape index (κ2) is 4.39. The van der Waals surface area contributed by atoms with Crippen molar-refractivity contribution in [2.45, 2.75) is 50.0 Å². The molecule has 0 aliphatic heterocycles. The van der Waals surface area contributed by atoms with Crippen LogP contribution in [0.5, 0.6) is 0 Å². The third-order valence-corrected chi connectivity index (χ3v) is 3.98. The van der Waals surface area contributed by atoms with E-state index in [2.05, 4.69) is 10.5 Å². The van der Waals surface area contributed by atoms with Crippen molar-refractivity contribution in [3.8, 4) is 0 Å². The third-order valence-electron chi connectivity index (χ3n) is 3.98. The zero-order valence-corrected chi connectivity index (χ0v) is 10.3. The molecule has 1 aromatic rings. The first kappa shape index (κ1) is 11.7. The average Bonchev–Trinajstić information content (AvgIpc) is 2.94. The maximum Gasteiger partial charge on any atom is 0.273 e. The number of aromatic nitrogens is 1. The molecule has 5 heteroatoms. The molecule has 2 aliphatic rings. The van der Waals surface area contributed by atoms with Crippen LogP contribution in [0.3, 0.4) is 0 Å². The number of carbonyl (C=O) groups excluding carboxylic acids is 1. The summed E-state index contributed by atoms with van der Waals surface area (Å²) in [5.74, 6) is 1.03. The average molecular weight is 250 g/mol. The zero-order chi connectivity index (χ0) is 12.6. The summed E-state index contributed by atoms with van der Waals surface area (Å²) in [5, 5.41) is 16.2. The summed E-state index contributed by atoms with van der Waals surface area (Å²) in [5.41, 5.74) is -0.118. The van der Waals surface area contributed by atoms with E-state index >= 15 is 0 Å². The Morgan fingerprint density at radius 2 is 2.22 bits per heavy atom. The molecule has 0 spiro atoms. The lowest BCUT2D eigenvalue weighted by atomic mass is 9.99. The van der Waals surface area contributed by atoms with E-state index < -0.39 is 5.54 Å². The number of hydrogen-bond acceptors (Lipinski definition) is 4. The lowest BCUT2D eigenvalue weighted by Crippen LogP contribution is -2.49. The fourth-order valence-electron chi connectivity index (χ4n) is 2.64. The van der Waals surface area contributed by atoms with Gasteiger partial charge in [-0.1, -0.05) is 18.0 Å². The highest BCUT2D eigenvalue weighted by molar-refractivity contribution is 5.92. The lowest BCUT2D eigenvalue weighted by molar-refractivity contribution is 0.0829. The first-order chi connectivity index (χ1) is 8.72. The molecule has 2 saturated carbocycles. The van der Waals surface area contributed by atoms with Crippen molar-refractivity contribution in [2.75, 3.05) is 6.61 Å². The fourth-order valence-corrected chi connectivity index (χ4v) is 2.64. The molecule has 0 atom stereocenters. The van der Waals surface area contributed by atoms with Gasteiger partial charge in [-0.3, -0.25) is 4.79 Å². The summed E-state index contributed by atoms with van der Waals surface area (Å²) in [6.07, 6.45) is 6.01. The van der Waals surface area contributed by atoms with Gasteiger partial charge in [-0.05, 0) is 25.7 Å². The summed E-state index contributed by atoms with van der Waals surface area (Å²) < 4.78 is 5.17. The van der Waals surface area contributed by atoms with Crippen LogP contribution < -0.4 is 5.32 Å². The molecule has 98 valence electrons. The summed E-state index contributed by atoms with van der Waals surface area (Å²) >= 11 is 0. The third kappa shape index (κ3) is 2.14. The van der Waals surface area contributed by atoms with Gasteiger partial charge in [-0.25, -0.2) is 0 Å². The fraction of sp³-hybridized carbons (Fsp3) is 0.692. The Bertz CT molecular complexity index is 445. The van der Waals surface area contributed by atoms with Crippen molar-refractivity contribution in [2.24, 2.45) is 0 Å². The number of nitrogens with zero attached hydrogens (tertiary/aromatic N) is 1. The predicted molar refractivity (Wildman–Crippen MR) is 64.2 cm³/mol. The molecule has 1 amide bonds. The monoisotopic (exact) mass is 250 g/mol. The van der Waals surface area contributed by atoms with Crippen LogP contribution in [0.15, 0.2) is 10.6 Å². The van der Waals surface area contributed by atoms with E-state index in [9.17, 15) is 9.90 Å². The summed E-state index contributed by atoms with van der Waals surface area (Å²) in [6.45, 7) is -0.00786. The number of amides is 1. The van der Waals surface area contributed by atoms with Crippen LogP contribution in [0.25, 0.3) is 0 Å². The van der Waals surface area contributed by atoms with Crippen molar-refractivity contribution in [1.29, 1.82) is 0 Å². The molecule has 0 bridgehead atoms. The number of aliphatic hydroxyl groups is 1. The van der Waals surface area contributed by atoms with E-state index in [4.69, 9.17) is 4.52 Å². The molecule has 3 rings (SSSR count). The van der Waals surface area contributed by atoms with Gasteiger partial charge >= 0.3 is 0 Å². The van der Waals surface area contributed by atoms with E-state index in [1.165, 1.54) is 0 Å². The molecular formula is C13H18N2O3. The van der Waals surface area contributed by atoms with Crippen LogP contribution in [-0.2, 0) is 0 Å². The highest BCUT2D eigenvalue weighted by Crippen LogP contribution is 2.40. The zero-order valence-electron chi connectivity index (χ0n) is 10.3. The predicted octanol–water partition coefficient (Wildman–Crippen LogP) is 1.59. The molecule has 0 aromatic carbocycles. The molecule has 0 saturated heterocycles. The topological polar surface area (TPSA) is 75.4 Å². The second-order valence-corrected chi connectivity index (χ2v) is 5.49. The normalized spacial score (nSPS) is 22.1. The van der Waals surface area contributed by atoms with Crippen LogP contribution in [0.4, 0.5) is 0 Å². The molecule has 0 unspecified atom stereocenters.